The molecule has 1 unspecified atom stereocenters. The van der Waals surface area contributed by atoms with Gasteiger partial charge in [-0.3, -0.25) is 4.79 Å². The molecule has 1 aromatic carbocycles. The van der Waals surface area contributed by atoms with Gasteiger partial charge in [0.15, 0.2) is 6.17 Å². The van der Waals surface area contributed by atoms with E-state index >= 15 is 0 Å². The maximum atomic E-state index is 15.0. The number of aromatic nitrogens is 1. The van der Waals surface area contributed by atoms with Crippen LogP contribution in [0.2, 0.25) is 0 Å². The topological polar surface area (TPSA) is 63.7 Å². The van der Waals surface area contributed by atoms with Crippen LogP contribution in [0.3, 0.4) is 0 Å². The van der Waals surface area contributed by atoms with Gasteiger partial charge in [-0.1, -0.05) is 6.07 Å². The molecule has 5 rings (SSSR count). The first-order valence-corrected chi connectivity index (χ1v) is 10.1. The number of rotatable bonds is 3. The largest absolute Gasteiger partial charge is 0.487 e. The van der Waals surface area contributed by atoms with Gasteiger partial charge in [-0.2, -0.15) is 0 Å². The Morgan fingerprint density at radius 3 is 3.07 bits per heavy atom. The molecule has 3 aliphatic heterocycles. The van der Waals surface area contributed by atoms with Crippen molar-refractivity contribution in [1.29, 1.82) is 0 Å². The van der Waals surface area contributed by atoms with Gasteiger partial charge < -0.3 is 19.7 Å². The number of alkyl halides is 1. The van der Waals surface area contributed by atoms with Gasteiger partial charge >= 0.3 is 0 Å². The van der Waals surface area contributed by atoms with Crippen molar-refractivity contribution >= 4 is 11.7 Å². The van der Waals surface area contributed by atoms with Crippen molar-refractivity contribution in [2.24, 2.45) is 0 Å². The average molecular weight is 397 g/mol. The summed E-state index contributed by atoms with van der Waals surface area (Å²) in [5, 5.41) is 2.78. The number of amides is 1. The van der Waals surface area contributed by atoms with E-state index in [1.165, 1.54) is 5.56 Å². The van der Waals surface area contributed by atoms with Crippen LogP contribution < -0.4 is 15.0 Å². The summed E-state index contributed by atoms with van der Waals surface area (Å²) in [4.78, 5) is 18.4. The number of halogens is 1. The number of pyridine rings is 1. The van der Waals surface area contributed by atoms with Gasteiger partial charge in [-0.15, -0.1) is 0 Å². The lowest BCUT2D eigenvalue weighted by atomic mass is 10.0. The second-order valence-corrected chi connectivity index (χ2v) is 7.95. The monoisotopic (exact) mass is 397 g/mol. The number of hydrogen-bond donors (Lipinski definition) is 1. The van der Waals surface area contributed by atoms with Crippen LogP contribution in [0.15, 0.2) is 24.3 Å². The van der Waals surface area contributed by atoms with Crippen LogP contribution in [-0.2, 0) is 24.3 Å². The molecule has 1 fully saturated rings. The number of fused-ring (bicyclic) bond motifs is 2. The van der Waals surface area contributed by atoms with Gasteiger partial charge in [-0.25, -0.2) is 9.37 Å². The number of carbonyl (C=O) groups is 1. The first-order valence-electron chi connectivity index (χ1n) is 10.1. The van der Waals surface area contributed by atoms with Gasteiger partial charge in [0.05, 0.1) is 37.6 Å². The lowest BCUT2D eigenvalue weighted by Gasteiger charge is -2.36. The number of carbonyl (C=O) groups excluding carboxylic acids is 1. The Morgan fingerprint density at radius 2 is 2.21 bits per heavy atom. The van der Waals surface area contributed by atoms with E-state index in [-0.39, 0.29) is 12.5 Å². The van der Waals surface area contributed by atoms with Gasteiger partial charge in [0.1, 0.15) is 17.7 Å². The Morgan fingerprint density at radius 1 is 1.31 bits per heavy atom. The quantitative estimate of drug-likeness (QED) is 0.863. The number of piperidine rings is 1. The number of nitrogens with zero attached hydrogens (tertiary/aromatic N) is 2. The Kier molecular flexibility index (Phi) is 4.62. The molecule has 0 aliphatic carbocycles. The summed E-state index contributed by atoms with van der Waals surface area (Å²) in [5.41, 5.74) is 4.66. The molecule has 1 amide bonds. The Labute approximate surface area is 169 Å². The van der Waals surface area contributed by atoms with E-state index < -0.39 is 12.3 Å². The van der Waals surface area contributed by atoms with Crippen LogP contribution in [0.1, 0.15) is 39.2 Å². The number of nitrogens with one attached hydrogen (secondary N) is 1. The summed E-state index contributed by atoms with van der Waals surface area (Å²) in [6.45, 7) is 4.57. The highest BCUT2D eigenvalue weighted by atomic mass is 19.1. The van der Waals surface area contributed by atoms with E-state index in [0.29, 0.717) is 37.4 Å². The molecule has 3 aliphatic rings. The molecular weight excluding hydrogens is 373 g/mol. The molecule has 1 saturated heterocycles. The molecule has 6 nitrogen and oxygen atoms in total. The number of ether oxygens (including phenoxy) is 2. The summed E-state index contributed by atoms with van der Waals surface area (Å²) in [5.74, 6) is 1.37. The Hall–Kier alpha value is -2.67. The van der Waals surface area contributed by atoms with Crippen molar-refractivity contribution in [1.82, 2.24) is 10.3 Å². The molecule has 29 heavy (non-hydrogen) atoms. The van der Waals surface area contributed by atoms with Crippen molar-refractivity contribution in [2.75, 3.05) is 24.6 Å². The first kappa shape index (κ1) is 18.4. The van der Waals surface area contributed by atoms with E-state index in [1.807, 2.05) is 30.0 Å². The predicted molar refractivity (Wildman–Crippen MR) is 106 cm³/mol. The summed E-state index contributed by atoms with van der Waals surface area (Å²) < 4.78 is 26.5. The molecular formula is C22H24FN3O3. The molecule has 4 heterocycles. The van der Waals surface area contributed by atoms with Crippen LogP contribution in [0.5, 0.6) is 5.75 Å². The van der Waals surface area contributed by atoms with Crippen LogP contribution in [0.25, 0.3) is 0 Å². The molecule has 2 atom stereocenters. The maximum Gasteiger partial charge on any atom is 0.253 e. The highest BCUT2D eigenvalue weighted by Crippen LogP contribution is 2.30. The van der Waals surface area contributed by atoms with Crippen molar-refractivity contribution in [2.45, 2.75) is 45.2 Å². The van der Waals surface area contributed by atoms with Gasteiger partial charge in [-0.05, 0) is 48.2 Å². The second-order valence-electron chi connectivity index (χ2n) is 7.95. The Bertz CT molecular complexity index is 965. The zero-order chi connectivity index (χ0) is 20.0. The summed E-state index contributed by atoms with van der Waals surface area (Å²) in [6, 6.07) is 7.82. The summed E-state index contributed by atoms with van der Waals surface area (Å²) in [7, 11) is 0. The fraction of sp³-hybridized carbons (Fsp3) is 0.455. The smallest absolute Gasteiger partial charge is 0.253 e. The third-order valence-corrected chi connectivity index (χ3v) is 5.95. The van der Waals surface area contributed by atoms with Crippen molar-refractivity contribution in [3.63, 3.8) is 0 Å². The molecule has 1 aromatic heterocycles. The highest BCUT2D eigenvalue weighted by Gasteiger charge is 2.33. The molecule has 0 bridgehead atoms. The van der Waals surface area contributed by atoms with E-state index in [2.05, 4.69) is 16.4 Å². The summed E-state index contributed by atoms with van der Waals surface area (Å²) in [6.07, 6.45) is -0.116. The van der Waals surface area contributed by atoms with Gasteiger partial charge in [0.25, 0.3) is 5.91 Å². The second kappa shape index (κ2) is 7.30. The third kappa shape index (κ3) is 3.44. The predicted octanol–water partition coefficient (Wildman–Crippen LogP) is 2.70. The van der Waals surface area contributed by atoms with Crippen LogP contribution in [0, 0.1) is 6.92 Å². The number of anilines is 1. The Balaban J connectivity index is 1.28. The minimum Gasteiger partial charge on any atom is -0.487 e. The standard InChI is InChI=1S/C22H24FN3O3/c1-13-8-17-19(10-24-22(17)27)25-21(13)26-6-4-20(18(23)11-26)29-16-3-2-14-5-7-28-12-15(14)9-16/h2-3,8-9,18,20H,4-7,10-12H2,1H3,(H,24,27)/t18-,20?/m0/s1. The highest BCUT2D eigenvalue weighted by molar-refractivity contribution is 5.98. The SMILES string of the molecule is Cc1cc2c(nc1N1CCC(Oc3ccc4c(c3)COCC4)[C@@H](F)C1)CNC2=O. The van der Waals surface area contributed by atoms with E-state index in [0.717, 1.165) is 35.7 Å². The zero-order valence-corrected chi connectivity index (χ0v) is 16.4. The molecule has 0 spiro atoms. The molecule has 152 valence electrons. The number of benzene rings is 1. The zero-order valence-electron chi connectivity index (χ0n) is 16.4. The minimum atomic E-state index is -1.12. The van der Waals surface area contributed by atoms with Gasteiger partial charge in [0, 0.05) is 13.0 Å². The normalized spacial score (nSPS) is 23.4. The van der Waals surface area contributed by atoms with Crippen molar-refractivity contribution in [3.8, 4) is 5.75 Å². The number of aryl methyl sites for hydroxylation is 1. The van der Waals surface area contributed by atoms with E-state index in [9.17, 15) is 9.18 Å². The van der Waals surface area contributed by atoms with Crippen molar-refractivity contribution < 1.29 is 18.7 Å². The third-order valence-electron chi connectivity index (χ3n) is 5.95. The lowest BCUT2D eigenvalue weighted by Crippen LogP contribution is -2.47. The van der Waals surface area contributed by atoms with Crippen molar-refractivity contribution in [3.05, 3.63) is 52.2 Å². The van der Waals surface area contributed by atoms with E-state index in [4.69, 9.17) is 9.47 Å². The van der Waals surface area contributed by atoms with Crippen LogP contribution in [-0.4, -0.2) is 42.9 Å². The van der Waals surface area contributed by atoms with Crippen LogP contribution >= 0.6 is 0 Å². The lowest BCUT2D eigenvalue weighted by molar-refractivity contribution is 0.0806. The fourth-order valence-corrected chi connectivity index (χ4v) is 4.35. The fourth-order valence-electron chi connectivity index (χ4n) is 4.35. The number of hydrogen-bond acceptors (Lipinski definition) is 5. The van der Waals surface area contributed by atoms with Gasteiger partial charge in [0.2, 0.25) is 0 Å². The molecule has 2 aromatic rings. The molecule has 0 radical (unpaired) electrons. The summed E-state index contributed by atoms with van der Waals surface area (Å²) >= 11 is 0. The van der Waals surface area contributed by atoms with Crippen LogP contribution in [0.4, 0.5) is 10.2 Å². The maximum absolute atomic E-state index is 15.0. The average Bonchev–Trinajstić information content (AvgIpc) is 3.08. The molecule has 1 N–H and O–H groups in total. The first-order chi connectivity index (χ1) is 14.1. The van der Waals surface area contributed by atoms with E-state index in [1.54, 1.807) is 0 Å². The minimum absolute atomic E-state index is 0.0897. The molecule has 0 saturated carbocycles. The molecule has 7 heteroatoms.